The molecule has 0 atom stereocenters. The van der Waals surface area contributed by atoms with Gasteiger partial charge < -0.3 is 0 Å². The van der Waals surface area contributed by atoms with Gasteiger partial charge in [0.15, 0.2) is 6.29 Å². The molecular weight excluding hydrogens is 228 g/mol. The molecule has 0 bridgehead atoms. The summed E-state index contributed by atoms with van der Waals surface area (Å²) in [4.78, 5) is 24.5. The Morgan fingerprint density at radius 2 is 2.13 bits per heavy atom. The minimum atomic E-state index is -0.439. The van der Waals surface area contributed by atoms with E-state index in [4.69, 9.17) is 0 Å². The first-order valence-corrected chi connectivity index (χ1v) is 6.06. The van der Waals surface area contributed by atoms with Gasteiger partial charge in [-0.05, 0) is 30.5 Å². The maximum atomic E-state index is 11.3. The number of aldehydes is 1. The first-order valence-electron chi connectivity index (χ1n) is 4.36. The number of carbonyl (C=O) groups is 2. The van der Waals surface area contributed by atoms with Gasteiger partial charge >= 0.3 is 0 Å². The molecule has 0 aliphatic heterocycles. The van der Waals surface area contributed by atoms with Crippen LogP contribution in [0.1, 0.15) is 14.5 Å². The SMILES string of the molecule is Cc1ccc(-c2ccsc2C(=O)C=O)s1. The van der Waals surface area contributed by atoms with Crippen LogP contribution >= 0.6 is 22.7 Å². The molecule has 0 aromatic carbocycles. The zero-order chi connectivity index (χ0) is 10.8. The lowest BCUT2D eigenvalue weighted by Crippen LogP contribution is -1.97. The van der Waals surface area contributed by atoms with Crippen LogP contribution in [-0.4, -0.2) is 12.1 Å². The first-order chi connectivity index (χ1) is 7.22. The maximum Gasteiger partial charge on any atom is 0.235 e. The zero-order valence-electron chi connectivity index (χ0n) is 8.02. The predicted molar refractivity (Wildman–Crippen MR) is 62.8 cm³/mol. The second-order valence-electron chi connectivity index (χ2n) is 3.06. The summed E-state index contributed by atoms with van der Waals surface area (Å²) in [5.74, 6) is -0.439. The summed E-state index contributed by atoms with van der Waals surface area (Å²) in [5.41, 5.74) is 0.871. The predicted octanol–water partition coefficient (Wildman–Crippen LogP) is 3.17. The Bertz CT molecular complexity index is 508. The highest BCUT2D eigenvalue weighted by Crippen LogP contribution is 2.33. The molecule has 2 heterocycles. The quantitative estimate of drug-likeness (QED) is 0.466. The van der Waals surface area contributed by atoms with Crippen LogP contribution in [0.3, 0.4) is 0 Å². The topological polar surface area (TPSA) is 34.1 Å². The van der Waals surface area contributed by atoms with Crippen molar-refractivity contribution in [3.05, 3.63) is 33.3 Å². The van der Waals surface area contributed by atoms with E-state index in [0.717, 1.165) is 10.4 Å². The van der Waals surface area contributed by atoms with Crippen molar-refractivity contribution < 1.29 is 9.59 Å². The van der Waals surface area contributed by atoms with Gasteiger partial charge in [0.2, 0.25) is 5.78 Å². The molecule has 2 nitrogen and oxygen atoms in total. The van der Waals surface area contributed by atoms with Crippen LogP contribution in [0.25, 0.3) is 10.4 Å². The van der Waals surface area contributed by atoms with E-state index >= 15 is 0 Å². The van der Waals surface area contributed by atoms with Crippen molar-refractivity contribution in [1.29, 1.82) is 0 Å². The smallest absolute Gasteiger partial charge is 0.235 e. The molecule has 2 aromatic rings. The molecule has 2 aromatic heterocycles. The highest BCUT2D eigenvalue weighted by Gasteiger charge is 2.14. The third-order valence-corrected chi connectivity index (χ3v) is 3.96. The largest absolute Gasteiger partial charge is 0.294 e. The molecule has 4 heteroatoms. The van der Waals surface area contributed by atoms with E-state index in [9.17, 15) is 9.59 Å². The van der Waals surface area contributed by atoms with E-state index in [2.05, 4.69) is 0 Å². The molecule has 0 N–H and O–H groups in total. The molecule has 2 rings (SSSR count). The molecular formula is C11H8O2S2. The molecule has 0 aliphatic carbocycles. The molecule has 76 valence electrons. The van der Waals surface area contributed by atoms with Gasteiger partial charge in [-0.3, -0.25) is 9.59 Å². The Hall–Kier alpha value is -1.26. The van der Waals surface area contributed by atoms with Crippen LogP contribution in [0.5, 0.6) is 0 Å². The van der Waals surface area contributed by atoms with Gasteiger partial charge in [-0.2, -0.15) is 0 Å². The van der Waals surface area contributed by atoms with Crippen LogP contribution in [0.15, 0.2) is 23.6 Å². The Kier molecular flexibility index (Phi) is 2.79. The highest BCUT2D eigenvalue weighted by molar-refractivity contribution is 7.17. The van der Waals surface area contributed by atoms with Crippen molar-refractivity contribution in [2.45, 2.75) is 6.92 Å². The van der Waals surface area contributed by atoms with E-state index in [1.165, 1.54) is 16.2 Å². The highest BCUT2D eigenvalue weighted by atomic mass is 32.1. The second-order valence-corrected chi connectivity index (χ2v) is 5.26. The normalized spacial score (nSPS) is 10.2. The summed E-state index contributed by atoms with van der Waals surface area (Å²) in [6, 6.07) is 5.86. The van der Waals surface area contributed by atoms with Gasteiger partial charge in [-0.1, -0.05) is 0 Å². The minimum absolute atomic E-state index is 0.371. The van der Waals surface area contributed by atoms with Crippen LogP contribution in [0, 0.1) is 6.92 Å². The lowest BCUT2D eigenvalue weighted by molar-refractivity contribution is -0.104. The number of rotatable bonds is 3. The van der Waals surface area contributed by atoms with Crippen molar-refractivity contribution in [2.24, 2.45) is 0 Å². The minimum Gasteiger partial charge on any atom is -0.294 e. The summed E-state index contributed by atoms with van der Waals surface area (Å²) in [6.07, 6.45) is 0.371. The number of carbonyl (C=O) groups excluding carboxylic acids is 2. The molecule has 0 amide bonds. The molecule has 0 saturated carbocycles. The summed E-state index contributed by atoms with van der Waals surface area (Å²) in [5, 5.41) is 1.83. The number of ketones is 1. The number of hydrogen-bond acceptors (Lipinski definition) is 4. The Morgan fingerprint density at radius 3 is 2.73 bits per heavy atom. The molecule has 0 fully saturated rings. The van der Waals surface area contributed by atoms with Gasteiger partial charge in [-0.15, -0.1) is 22.7 Å². The molecule has 0 aliphatic rings. The third-order valence-electron chi connectivity index (χ3n) is 2.00. The zero-order valence-corrected chi connectivity index (χ0v) is 9.65. The molecule has 0 saturated heterocycles. The van der Waals surface area contributed by atoms with Gasteiger partial charge in [0.1, 0.15) is 0 Å². The summed E-state index contributed by atoms with van der Waals surface area (Å²) in [6.45, 7) is 2.02. The number of Topliss-reactive ketones (excluding diaryl/α,β-unsaturated/α-hetero) is 1. The van der Waals surface area contributed by atoms with Crippen molar-refractivity contribution >= 4 is 34.7 Å². The molecule has 0 spiro atoms. The lowest BCUT2D eigenvalue weighted by atomic mass is 10.2. The summed E-state index contributed by atoms with van der Waals surface area (Å²) >= 11 is 2.94. The Morgan fingerprint density at radius 1 is 1.33 bits per heavy atom. The average Bonchev–Trinajstić information content (AvgIpc) is 2.84. The Labute approximate surface area is 95.2 Å². The van der Waals surface area contributed by atoms with E-state index in [0.29, 0.717) is 11.2 Å². The van der Waals surface area contributed by atoms with Gasteiger partial charge in [0, 0.05) is 15.3 Å². The van der Waals surface area contributed by atoms with Crippen molar-refractivity contribution in [2.75, 3.05) is 0 Å². The number of aryl methyl sites for hydroxylation is 1. The molecule has 0 radical (unpaired) electrons. The van der Waals surface area contributed by atoms with Crippen molar-refractivity contribution in [3.8, 4) is 10.4 Å². The van der Waals surface area contributed by atoms with Crippen molar-refractivity contribution in [3.63, 3.8) is 0 Å². The Balaban J connectivity index is 2.49. The van der Waals surface area contributed by atoms with Crippen molar-refractivity contribution in [1.82, 2.24) is 0 Å². The average molecular weight is 236 g/mol. The number of thiophene rings is 2. The van der Waals surface area contributed by atoms with Gasteiger partial charge in [-0.25, -0.2) is 0 Å². The van der Waals surface area contributed by atoms with Crippen LogP contribution < -0.4 is 0 Å². The van der Waals surface area contributed by atoms with E-state index in [-0.39, 0.29) is 0 Å². The number of hydrogen-bond donors (Lipinski definition) is 0. The monoisotopic (exact) mass is 236 g/mol. The van der Waals surface area contributed by atoms with Crippen LogP contribution in [-0.2, 0) is 4.79 Å². The summed E-state index contributed by atoms with van der Waals surface area (Å²) in [7, 11) is 0. The van der Waals surface area contributed by atoms with E-state index < -0.39 is 5.78 Å². The fraction of sp³-hybridized carbons (Fsp3) is 0.0909. The van der Waals surface area contributed by atoms with Crippen LogP contribution in [0.4, 0.5) is 0 Å². The fourth-order valence-electron chi connectivity index (χ4n) is 1.33. The van der Waals surface area contributed by atoms with Gasteiger partial charge in [0.05, 0.1) is 4.88 Å². The maximum absolute atomic E-state index is 11.3. The third kappa shape index (κ3) is 1.91. The molecule has 0 unspecified atom stereocenters. The van der Waals surface area contributed by atoms with E-state index in [1.54, 1.807) is 11.3 Å². The lowest BCUT2D eigenvalue weighted by Gasteiger charge is -1.95. The van der Waals surface area contributed by atoms with E-state index in [1.807, 2.05) is 30.5 Å². The van der Waals surface area contributed by atoms with Crippen LogP contribution in [0.2, 0.25) is 0 Å². The fourth-order valence-corrected chi connectivity index (χ4v) is 3.10. The summed E-state index contributed by atoms with van der Waals surface area (Å²) < 4.78 is 0. The standard InChI is InChI=1S/C11H8O2S2/c1-7-2-3-10(15-7)8-4-5-14-11(8)9(13)6-12/h2-6H,1H3. The second kappa shape index (κ2) is 4.08. The van der Waals surface area contributed by atoms with Gasteiger partial charge in [0.25, 0.3) is 0 Å². The molecule has 15 heavy (non-hydrogen) atoms. The first kappa shape index (κ1) is 10.3.